The Morgan fingerprint density at radius 3 is 2.83 bits per heavy atom. The van der Waals surface area contributed by atoms with Gasteiger partial charge in [0.25, 0.3) is 0 Å². The zero-order valence-corrected chi connectivity index (χ0v) is 3.35. The van der Waals surface area contributed by atoms with Crippen LogP contribution in [-0.2, 0) is 4.79 Å². The molecule has 6 heavy (non-hydrogen) atoms. The van der Waals surface area contributed by atoms with Gasteiger partial charge in [-0.3, -0.25) is 10.1 Å². The average Bonchev–Trinajstić information content (AvgIpc) is 1.86. The highest BCUT2D eigenvalue weighted by molar-refractivity contribution is 5.79. The Kier molecular flexibility index (Phi) is 0.783. The van der Waals surface area contributed by atoms with Crippen molar-refractivity contribution in [1.82, 2.24) is 5.32 Å². The van der Waals surface area contributed by atoms with Crippen molar-refractivity contribution < 1.29 is 4.79 Å². The van der Waals surface area contributed by atoms with Crippen LogP contribution < -0.4 is 5.32 Å². The van der Waals surface area contributed by atoms with Crippen LogP contribution in [-0.4, -0.2) is 12.5 Å². The summed E-state index contributed by atoms with van der Waals surface area (Å²) in [5, 5.41) is 3.54. The minimum absolute atomic E-state index is 0.0231. The fraction of sp³-hybridized carbons (Fsp3) is 0.500. The van der Waals surface area contributed by atoms with Gasteiger partial charge < -0.3 is 0 Å². The molecule has 32 valence electrons. The molecule has 0 saturated carbocycles. The van der Waals surface area contributed by atoms with Crippen molar-refractivity contribution >= 4 is 5.91 Å². The maximum atomic E-state index is 10.0. The van der Waals surface area contributed by atoms with E-state index in [1.165, 1.54) is 0 Å². The van der Waals surface area contributed by atoms with E-state index in [0.717, 1.165) is 0 Å². The van der Waals surface area contributed by atoms with E-state index in [1.54, 1.807) is 0 Å². The van der Waals surface area contributed by atoms with Crippen LogP contribution in [0.2, 0.25) is 0 Å². The lowest BCUT2D eigenvalue weighted by Gasteiger charge is -1.74. The van der Waals surface area contributed by atoms with Gasteiger partial charge in [-0.05, 0) is 6.42 Å². The highest BCUT2D eigenvalue weighted by atomic mass is 16.1. The highest BCUT2D eigenvalue weighted by Gasteiger charge is 2.08. The molecular formula is C4H5NO. The standard InChI is InChI=1S/C4H5NO/c6-4-2-1-3-5-4/h1H,2-3H2. The van der Waals surface area contributed by atoms with Crippen LogP contribution >= 0.6 is 0 Å². The van der Waals surface area contributed by atoms with E-state index < -0.39 is 0 Å². The lowest BCUT2D eigenvalue weighted by Crippen LogP contribution is -2.02. The number of rotatable bonds is 0. The van der Waals surface area contributed by atoms with E-state index in [-0.39, 0.29) is 5.91 Å². The second-order valence-electron chi connectivity index (χ2n) is 1.23. The molecule has 0 aromatic heterocycles. The van der Waals surface area contributed by atoms with Crippen molar-refractivity contribution in [3.8, 4) is 0 Å². The van der Waals surface area contributed by atoms with E-state index in [0.29, 0.717) is 13.0 Å². The Morgan fingerprint density at radius 1 is 1.83 bits per heavy atom. The molecular weight excluding hydrogens is 78.0 g/mol. The van der Waals surface area contributed by atoms with Crippen molar-refractivity contribution in [3.63, 3.8) is 0 Å². The van der Waals surface area contributed by atoms with Crippen LogP contribution in [0.5, 0.6) is 0 Å². The Bertz CT molecular complexity index is 61.9. The molecule has 0 bridgehead atoms. The SMILES string of the molecule is O=C1C[CH]C[N]1. The molecule has 2 heteroatoms. The van der Waals surface area contributed by atoms with Crippen LogP contribution in [0, 0.1) is 6.42 Å². The van der Waals surface area contributed by atoms with Gasteiger partial charge in [-0.2, -0.15) is 0 Å². The maximum Gasteiger partial charge on any atom is 0.241 e. The predicted molar refractivity (Wildman–Crippen MR) is 20.9 cm³/mol. The van der Waals surface area contributed by atoms with Gasteiger partial charge >= 0.3 is 0 Å². The minimum atomic E-state index is 0.0231. The predicted octanol–water partition coefficient (Wildman–Crippen LogP) is -0.275. The van der Waals surface area contributed by atoms with Crippen molar-refractivity contribution in [1.29, 1.82) is 0 Å². The van der Waals surface area contributed by atoms with Crippen molar-refractivity contribution in [2.45, 2.75) is 6.42 Å². The van der Waals surface area contributed by atoms with Gasteiger partial charge in [0.05, 0.1) is 0 Å². The normalized spacial score (nSPS) is 21.0. The molecule has 0 atom stereocenters. The van der Waals surface area contributed by atoms with Gasteiger partial charge in [0.1, 0.15) is 0 Å². The molecule has 0 unspecified atom stereocenters. The molecule has 0 N–H and O–H groups in total. The zero-order valence-electron chi connectivity index (χ0n) is 3.35. The average molecular weight is 83.1 g/mol. The summed E-state index contributed by atoms with van der Waals surface area (Å²) in [6.45, 7) is 0.638. The van der Waals surface area contributed by atoms with Gasteiger partial charge in [0, 0.05) is 13.0 Å². The number of amides is 1. The van der Waals surface area contributed by atoms with Crippen LogP contribution in [0.25, 0.3) is 0 Å². The maximum absolute atomic E-state index is 10.0. The van der Waals surface area contributed by atoms with E-state index >= 15 is 0 Å². The van der Waals surface area contributed by atoms with Crippen molar-refractivity contribution in [2.24, 2.45) is 0 Å². The first-order valence-corrected chi connectivity index (χ1v) is 1.91. The number of hydrogen-bond donors (Lipinski definition) is 0. The third kappa shape index (κ3) is 0.506. The topological polar surface area (TPSA) is 31.2 Å². The van der Waals surface area contributed by atoms with Gasteiger partial charge in [-0.15, -0.1) is 0 Å². The second kappa shape index (κ2) is 1.29. The molecule has 0 aromatic carbocycles. The molecule has 1 rings (SSSR count). The fourth-order valence-electron chi connectivity index (χ4n) is 0.419. The van der Waals surface area contributed by atoms with Gasteiger partial charge in [-0.1, -0.05) is 0 Å². The number of hydrogen-bond acceptors (Lipinski definition) is 1. The molecule has 1 fully saturated rings. The highest BCUT2D eigenvalue weighted by Crippen LogP contribution is 1.94. The molecule has 1 heterocycles. The third-order valence-electron chi connectivity index (χ3n) is 0.716. The van der Waals surface area contributed by atoms with Crippen molar-refractivity contribution in [3.05, 3.63) is 6.42 Å². The van der Waals surface area contributed by atoms with E-state index in [2.05, 4.69) is 5.32 Å². The first-order chi connectivity index (χ1) is 2.89. The summed E-state index contributed by atoms with van der Waals surface area (Å²) < 4.78 is 0. The molecule has 1 amide bonds. The van der Waals surface area contributed by atoms with Gasteiger partial charge in [-0.25, -0.2) is 0 Å². The summed E-state index contributed by atoms with van der Waals surface area (Å²) >= 11 is 0. The number of carbonyl (C=O) groups is 1. The van der Waals surface area contributed by atoms with E-state index in [4.69, 9.17) is 0 Å². The lowest BCUT2D eigenvalue weighted by molar-refractivity contribution is -0.119. The molecule has 1 aliphatic heterocycles. The first-order valence-electron chi connectivity index (χ1n) is 1.91. The molecule has 0 aliphatic carbocycles. The Morgan fingerprint density at radius 2 is 2.67 bits per heavy atom. The first kappa shape index (κ1) is 3.65. The molecule has 0 aromatic rings. The van der Waals surface area contributed by atoms with Gasteiger partial charge in [0.2, 0.25) is 5.91 Å². The summed E-state index contributed by atoms with van der Waals surface area (Å²) in [7, 11) is 0. The zero-order chi connectivity index (χ0) is 4.41. The quantitative estimate of drug-likeness (QED) is 0.396. The molecule has 1 aliphatic rings. The summed E-state index contributed by atoms with van der Waals surface area (Å²) in [4.78, 5) is 10.0. The van der Waals surface area contributed by atoms with Crippen LogP contribution in [0.1, 0.15) is 6.42 Å². The minimum Gasteiger partial charge on any atom is -0.273 e. The van der Waals surface area contributed by atoms with E-state index in [1.807, 2.05) is 6.42 Å². The second-order valence-corrected chi connectivity index (χ2v) is 1.23. The van der Waals surface area contributed by atoms with Crippen molar-refractivity contribution in [2.75, 3.05) is 6.54 Å². The summed E-state index contributed by atoms with van der Waals surface area (Å²) in [5.74, 6) is 0.0231. The lowest BCUT2D eigenvalue weighted by atomic mass is 10.4. The monoisotopic (exact) mass is 83.0 g/mol. The number of nitrogens with zero attached hydrogens (tertiary/aromatic N) is 1. The van der Waals surface area contributed by atoms with Crippen LogP contribution in [0.15, 0.2) is 0 Å². The smallest absolute Gasteiger partial charge is 0.241 e. The summed E-state index contributed by atoms with van der Waals surface area (Å²) in [6.07, 6.45) is 2.42. The fourth-order valence-corrected chi connectivity index (χ4v) is 0.419. The molecule has 2 radical (unpaired) electrons. The Hall–Kier alpha value is -0.530. The van der Waals surface area contributed by atoms with Crippen LogP contribution in [0.3, 0.4) is 0 Å². The largest absolute Gasteiger partial charge is 0.273 e. The number of carbonyl (C=O) groups excluding carboxylic acids is 1. The van der Waals surface area contributed by atoms with E-state index in [9.17, 15) is 4.79 Å². The summed E-state index contributed by atoms with van der Waals surface area (Å²) in [6, 6.07) is 0. The molecule has 2 nitrogen and oxygen atoms in total. The summed E-state index contributed by atoms with van der Waals surface area (Å²) in [5.41, 5.74) is 0. The van der Waals surface area contributed by atoms with Crippen LogP contribution in [0.4, 0.5) is 0 Å². The van der Waals surface area contributed by atoms with Gasteiger partial charge in [0.15, 0.2) is 0 Å². The molecule has 1 saturated heterocycles. The third-order valence-corrected chi connectivity index (χ3v) is 0.716. The molecule has 0 spiro atoms. The Labute approximate surface area is 36.5 Å². The Balaban J connectivity index is 2.37.